The monoisotopic (exact) mass is 310 g/mol. The van der Waals surface area contributed by atoms with Gasteiger partial charge in [0.1, 0.15) is 18.1 Å². The van der Waals surface area contributed by atoms with E-state index in [2.05, 4.69) is 25.6 Å². The first kappa shape index (κ1) is 14.8. The molecule has 0 spiro atoms. The number of aliphatic hydroxyl groups is 1. The van der Waals surface area contributed by atoms with Crippen molar-refractivity contribution in [2.75, 3.05) is 5.32 Å². The summed E-state index contributed by atoms with van der Waals surface area (Å²) in [5.74, 6) is 0.172. The molecule has 0 aliphatic heterocycles. The highest BCUT2D eigenvalue weighted by atomic mass is 16.3. The lowest BCUT2D eigenvalue weighted by Crippen LogP contribution is -2.20. The molecule has 0 atom stereocenters. The molecule has 23 heavy (non-hydrogen) atoms. The van der Waals surface area contributed by atoms with Crippen molar-refractivity contribution in [1.29, 1.82) is 0 Å². The van der Waals surface area contributed by atoms with E-state index in [0.29, 0.717) is 17.2 Å². The van der Waals surface area contributed by atoms with Gasteiger partial charge in [0.05, 0.1) is 12.3 Å². The molecule has 8 nitrogen and oxygen atoms in total. The minimum absolute atomic E-state index is 0.0478. The lowest BCUT2D eigenvalue weighted by atomic mass is 10.1. The number of carbonyl (C=O) groups is 1. The highest BCUT2D eigenvalue weighted by molar-refractivity contribution is 5.89. The predicted molar refractivity (Wildman–Crippen MR) is 82.0 cm³/mol. The van der Waals surface area contributed by atoms with Gasteiger partial charge in [0.25, 0.3) is 0 Å². The van der Waals surface area contributed by atoms with Crippen LogP contribution < -0.4 is 5.32 Å². The summed E-state index contributed by atoms with van der Waals surface area (Å²) >= 11 is 0. The minimum atomic E-state index is -0.289. The highest BCUT2D eigenvalue weighted by Crippen LogP contribution is 2.21. The summed E-state index contributed by atoms with van der Waals surface area (Å²) in [5.41, 5.74) is 1.69. The predicted octanol–water partition coefficient (Wildman–Crippen LogP) is 0.866. The van der Waals surface area contributed by atoms with Crippen molar-refractivity contribution in [1.82, 2.24) is 25.0 Å². The average Bonchev–Trinajstić information content (AvgIpc) is 2.99. The van der Waals surface area contributed by atoms with E-state index in [1.165, 1.54) is 4.68 Å². The van der Waals surface area contributed by atoms with Crippen molar-refractivity contribution >= 4 is 11.7 Å². The molecule has 3 heterocycles. The Balaban J connectivity index is 1.83. The smallest absolute Gasteiger partial charge is 0.247 e. The van der Waals surface area contributed by atoms with Crippen LogP contribution in [0.5, 0.6) is 0 Å². The van der Waals surface area contributed by atoms with Crippen LogP contribution in [-0.2, 0) is 17.9 Å². The van der Waals surface area contributed by atoms with E-state index < -0.39 is 0 Å². The summed E-state index contributed by atoms with van der Waals surface area (Å²) in [4.78, 5) is 20.2. The van der Waals surface area contributed by atoms with Gasteiger partial charge < -0.3 is 10.4 Å². The molecule has 0 saturated heterocycles. The zero-order valence-electron chi connectivity index (χ0n) is 12.1. The number of aliphatic hydroxyl groups excluding tert-OH is 1. The number of amides is 1. The first-order valence-electron chi connectivity index (χ1n) is 6.92. The number of pyridine rings is 2. The molecule has 0 radical (unpaired) electrons. The fraction of sp³-hybridized carbons (Fsp3) is 0.133. The van der Waals surface area contributed by atoms with E-state index >= 15 is 0 Å². The van der Waals surface area contributed by atoms with Crippen LogP contribution >= 0.6 is 0 Å². The van der Waals surface area contributed by atoms with E-state index in [9.17, 15) is 9.90 Å². The topological polar surface area (TPSA) is 106 Å². The van der Waals surface area contributed by atoms with Crippen LogP contribution in [0.3, 0.4) is 0 Å². The van der Waals surface area contributed by atoms with E-state index in [-0.39, 0.29) is 19.1 Å². The molecule has 8 heteroatoms. The van der Waals surface area contributed by atoms with Crippen LogP contribution in [-0.4, -0.2) is 36.0 Å². The van der Waals surface area contributed by atoms with Crippen molar-refractivity contribution in [2.24, 2.45) is 0 Å². The van der Waals surface area contributed by atoms with Crippen LogP contribution in [0.4, 0.5) is 5.82 Å². The number of aromatic nitrogens is 5. The molecule has 0 unspecified atom stereocenters. The molecule has 3 aromatic rings. The largest absolute Gasteiger partial charge is 0.390 e. The molecule has 3 aromatic heterocycles. The third kappa shape index (κ3) is 3.38. The third-order valence-electron chi connectivity index (χ3n) is 3.12. The van der Waals surface area contributed by atoms with Crippen molar-refractivity contribution in [3.63, 3.8) is 0 Å². The molecule has 0 bridgehead atoms. The number of carbonyl (C=O) groups excluding carboxylic acids is 1. The second kappa shape index (κ2) is 6.75. The quantitative estimate of drug-likeness (QED) is 0.724. The van der Waals surface area contributed by atoms with E-state index in [0.717, 1.165) is 5.56 Å². The number of nitrogens with one attached hydrogen (secondary N) is 1. The number of nitrogens with zero attached hydrogens (tertiary/aromatic N) is 5. The first-order valence-corrected chi connectivity index (χ1v) is 6.92. The Morgan fingerprint density at radius 1 is 1.22 bits per heavy atom. The fourth-order valence-electron chi connectivity index (χ4n) is 2.14. The van der Waals surface area contributed by atoms with Gasteiger partial charge in [-0.25, -0.2) is 9.67 Å². The molecule has 0 fully saturated rings. The SMILES string of the molecule is O=C(Cn1nnc(CO)c1-c1cccnc1)Nc1ccccn1. The highest BCUT2D eigenvalue weighted by Gasteiger charge is 2.16. The standard InChI is InChI=1S/C15H14N6O2/c22-10-12-15(11-4-3-6-16-8-11)21(20-19-12)9-14(23)18-13-5-1-2-7-17-13/h1-8,22H,9-10H2,(H,17,18,23). The molecular weight excluding hydrogens is 296 g/mol. The number of anilines is 1. The summed E-state index contributed by atoms with van der Waals surface area (Å²) in [7, 11) is 0. The van der Waals surface area contributed by atoms with Crippen molar-refractivity contribution in [3.05, 3.63) is 54.6 Å². The molecule has 1 amide bonds. The molecule has 0 aliphatic rings. The summed E-state index contributed by atoms with van der Waals surface area (Å²) in [5, 5.41) is 19.9. The van der Waals surface area contributed by atoms with Crippen LogP contribution in [0.25, 0.3) is 11.3 Å². The zero-order valence-corrected chi connectivity index (χ0v) is 12.1. The maximum Gasteiger partial charge on any atom is 0.247 e. The maximum absolute atomic E-state index is 12.1. The lowest BCUT2D eigenvalue weighted by molar-refractivity contribution is -0.116. The second-order valence-electron chi connectivity index (χ2n) is 4.71. The normalized spacial score (nSPS) is 10.5. The Bertz CT molecular complexity index is 788. The van der Waals surface area contributed by atoms with Crippen molar-refractivity contribution < 1.29 is 9.90 Å². The molecule has 116 valence electrons. The lowest BCUT2D eigenvalue weighted by Gasteiger charge is -2.08. The summed E-state index contributed by atoms with van der Waals surface area (Å²) < 4.78 is 1.43. The Kier molecular flexibility index (Phi) is 4.34. The van der Waals surface area contributed by atoms with Crippen molar-refractivity contribution in [2.45, 2.75) is 13.2 Å². The van der Waals surface area contributed by atoms with Gasteiger partial charge in [-0.1, -0.05) is 11.3 Å². The summed E-state index contributed by atoms with van der Waals surface area (Å²) in [6, 6.07) is 8.82. The number of rotatable bonds is 5. The zero-order chi connectivity index (χ0) is 16.1. The Morgan fingerprint density at radius 2 is 2.13 bits per heavy atom. The fourth-order valence-corrected chi connectivity index (χ4v) is 2.14. The van der Waals surface area contributed by atoms with Gasteiger partial charge in [-0.2, -0.15) is 0 Å². The van der Waals surface area contributed by atoms with Gasteiger partial charge in [-0.3, -0.25) is 9.78 Å². The van der Waals surface area contributed by atoms with Gasteiger partial charge >= 0.3 is 0 Å². The minimum Gasteiger partial charge on any atom is -0.390 e. The number of hydrogen-bond donors (Lipinski definition) is 2. The maximum atomic E-state index is 12.1. The molecular formula is C15H14N6O2. The third-order valence-corrected chi connectivity index (χ3v) is 3.12. The molecule has 2 N–H and O–H groups in total. The van der Waals surface area contributed by atoms with Crippen LogP contribution in [0.1, 0.15) is 5.69 Å². The Hall–Kier alpha value is -3.13. The molecule has 3 rings (SSSR count). The van der Waals surface area contributed by atoms with E-state index in [4.69, 9.17) is 0 Å². The molecule has 0 aromatic carbocycles. The van der Waals surface area contributed by atoms with Gasteiger partial charge in [0.2, 0.25) is 5.91 Å². The summed E-state index contributed by atoms with van der Waals surface area (Å²) in [6.07, 6.45) is 4.87. The Morgan fingerprint density at radius 3 is 2.83 bits per heavy atom. The Labute approximate surface area is 131 Å². The first-order chi connectivity index (χ1) is 11.3. The van der Waals surface area contributed by atoms with Gasteiger partial charge in [0.15, 0.2) is 0 Å². The van der Waals surface area contributed by atoms with E-state index in [1.807, 2.05) is 6.07 Å². The van der Waals surface area contributed by atoms with Gasteiger partial charge in [-0.15, -0.1) is 5.10 Å². The van der Waals surface area contributed by atoms with E-state index in [1.54, 1.807) is 42.9 Å². The molecule has 0 aliphatic carbocycles. The van der Waals surface area contributed by atoms with Crippen molar-refractivity contribution in [3.8, 4) is 11.3 Å². The molecule has 0 saturated carbocycles. The summed E-state index contributed by atoms with van der Waals surface area (Å²) in [6.45, 7) is -0.320. The van der Waals surface area contributed by atoms with Crippen LogP contribution in [0.2, 0.25) is 0 Å². The van der Waals surface area contributed by atoms with Crippen LogP contribution in [0, 0.1) is 0 Å². The number of hydrogen-bond acceptors (Lipinski definition) is 6. The van der Waals surface area contributed by atoms with Crippen LogP contribution in [0.15, 0.2) is 48.9 Å². The van der Waals surface area contributed by atoms with Gasteiger partial charge in [-0.05, 0) is 24.3 Å². The average molecular weight is 310 g/mol. The van der Waals surface area contributed by atoms with Gasteiger partial charge in [0, 0.05) is 24.2 Å². The second-order valence-corrected chi connectivity index (χ2v) is 4.71.